The Morgan fingerprint density at radius 2 is 2.15 bits per heavy atom. The van der Waals surface area contributed by atoms with Crippen LogP contribution >= 0.6 is 11.3 Å². The van der Waals surface area contributed by atoms with E-state index < -0.39 is 22.3 Å². The molecule has 27 heavy (non-hydrogen) atoms. The van der Waals surface area contributed by atoms with Crippen LogP contribution in [0.5, 0.6) is 0 Å². The maximum atomic E-state index is 13.4. The van der Waals surface area contributed by atoms with Gasteiger partial charge in [-0.05, 0) is 26.3 Å². The fourth-order valence-corrected chi connectivity index (χ4v) is 5.39. The summed E-state index contributed by atoms with van der Waals surface area (Å²) in [4.78, 5) is -0.242. The lowest BCUT2D eigenvalue weighted by atomic mass is 9.76. The van der Waals surface area contributed by atoms with Crippen molar-refractivity contribution in [2.24, 2.45) is 7.05 Å². The number of rotatable bonds is 1. The van der Waals surface area contributed by atoms with Crippen LogP contribution in [0, 0.1) is 0 Å². The van der Waals surface area contributed by atoms with E-state index >= 15 is 0 Å². The van der Waals surface area contributed by atoms with Crippen molar-refractivity contribution in [3.63, 3.8) is 0 Å². The van der Waals surface area contributed by atoms with Crippen LogP contribution in [0.1, 0.15) is 53.7 Å². The van der Waals surface area contributed by atoms with E-state index in [4.69, 9.17) is 4.74 Å². The van der Waals surface area contributed by atoms with Crippen LogP contribution in [-0.4, -0.2) is 32.7 Å². The third-order valence-electron chi connectivity index (χ3n) is 5.27. The van der Waals surface area contributed by atoms with Crippen LogP contribution in [0.2, 0.25) is 0 Å². The molecule has 1 spiro atoms. The number of nitrogens with one attached hydrogen (secondary N) is 1. The van der Waals surface area contributed by atoms with Crippen LogP contribution in [0.3, 0.4) is 0 Å². The summed E-state index contributed by atoms with van der Waals surface area (Å²) in [5.41, 5.74) is -1.30. The van der Waals surface area contributed by atoms with Gasteiger partial charge in [0.1, 0.15) is 16.1 Å². The van der Waals surface area contributed by atoms with E-state index in [1.807, 2.05) is 6.92 Å². The number of halogens is 3. The van der Waals surface area contributed by atoms with Crippen molar-refractivity contribution in [2.45, 2.75) is 56.2 Å². The molecular weight excluding hydrogens is 381 g/mol. The minimum atomic E-state index is -4.46. The van der Waals surface area contributed by atoms with E-state index in [9.17, 15) is 18.3 Å². The molecule has 1 fully saturated rings. The molecule has 2 aromatic heterocycles. The van der Waals surface area contributed by atoms with Gasteiger partial charge in [-0.2, -0.15) is 13.2 Å². The zero-order chi connectivity index (χ0) is 19.6. The van der Waals surface area contributed by atoms with Crippen LogP contribution in [0.4, 0.5) is 13.2 Å². The Morgan fingerprint density at radius 1 is 1.41 bits per heavy atom. The molecule has 0 saturated carbocycles. The maximum Gasteiger partial charge on any atom is 0.425 e. The molecule has 0 radical (unpaired) electrons. The number of ether oxygens (including phenoxy) is 1. The van der Waals surface area contributed by atoms with Crippen molar-refractivity contribution in [2.75, 3.05) is 6.61 Å². The quantitative estimate of drug-likeness (QED) is 0.768. The van der Waals surface area contributed by atoms with Gasteiger partial charge in [-0.25, -0.2) is 0 Å². The maximum absolute atomic E-state index is 13.4. The molecule has 148 valence electrons. The number of hydrogen-bond acceptors (Lipinski definition) is 6. The number of aryl methyl sites for hydroxylation is 1. The average molecular weight is 402 g/mol. The van der Waals surface area contributed by atoms with E-state index in [2.05, 4.69) is 15.6 Å². The molecule has 0 aliphatic carbocycles. The first-order valence-corrected chi connectivity index (χ1v) is 9.52. The Balaban J connectivity index is 1.79. The third kappa shape index (κ3) is 3.18. The highest BCUT2D eigenvalue weighted by Gasteiger charge is 2.52. The van der Waals surface area contributed by atoms with Crippen molar-refractivity contribution in [1.82, 2.24) is 20.3 Å². The van der Waals surface area contributed by atoms with Gasteiger partial charge >= 0.3 is 6.18 Å². The summed E-state index contributed by atoms with van der Waals surface area (Å²) in [7, 11) is 1.76. The van der Waals surface area contributed by atoms with Crippen molar-refractivity contribution >= 4 is 11.3 Å². The lowest BCUT2D eigenvalue weighted by molar-refractivity contribution is -0.160. The molecule has 6 nitrogen and oxygen atoms in total. The Bertz CT molecular complexity index is 863. The van der Waals surface area contributed by atoms with Crippen LogP contribution < -0.4 is 5.32 Å². The van der Waals surface area contributed by atoms with Gasteiger partial charge in [0, 0.05) is 36.1 Å². The third-order valence-corrected chi connectivity index (χ3v) is 6.63. The number of alkyl halides is 3. The zero-order valence-corrected chi connectivity index (χ0v) is 16.0. The Kier molecular flexibility index (Phi) is 4.19. The Hall–Kier alpha value is -1.49. The first-order chi connectivity index (χ1) is 12.5. The van der Waals surface area contributed by atoms with Gasteiger partial charge in [-0.15, -0.1) is 16.4 Å². The molecule has 0 bridgehead atoms. The molecule has 2 aliphatic rings. The number of piperidine rings is 1. The van der Waals surface area contributed by atoms with E-state index in [1.165, 1.54) is 6.92 Å². The summed E-state index contributed by atoms with van der Waals surface area (Å²) in [6, 6.07) is 0.877. The summed E-state index contributed by atoms with van der Waals surface area (Å²) >= 11 is 0.675. The summed E-state index contributed by atoms with van der Waals surface area (Å²) in [6.07, 6.45) is -1.72. The molecule has 0 amide bonds. The normalized spacial score (nSPS) is 34.0. The predicted molar refractivity (Wildman–Crippen MR) is 92.1 cm³/mol. The van der Waals surface area contributed by atoms with Gasteiger partial charge in [0.15, 0.2) is 0 Å². The highest BCUT2D eigenvalue weighted by atomic mass is 32.1. The topological polar surface area (TPSA) is 72.2 Å². The van der Waals surface area contributed by atoms with Crippen LogP contribution in [-0.2, 0) is 29.2 Å². The van der Waals surface area contributed by atoms with Gasteiger partial charge in [-0.3, -0.25) is 4.68 Å². The largest absolute Gasteiger partial charge is 0.425 e. The summed E-state index contributed by atoms with van der Waals surface area (Å²) < 4.78 is 47.8. The number of aromatic nitrogens is 3. The van der Waals surface area contributed by atoms with E-state index in [-0.39, 0.29) is 18.7 Å². The molecule has 2 N–H and O–H groups in total. The number of aliphatic hydroxyl groups is 1. The first-order valence-electron chi connectivity index (χ1n) is 8.71. The fraction of sp³-hybridized carbons (Fsp3) is 0.647. The molecule has 10 heteroatoms. The number of thiophene rings is 1. The first kappa shape index (κ1) is 18.9. The summed E-state index contributed by atoms with van der Waals surface area (Å²) in [5, 5.41) is 22.2. The number of hydrogen-bond donors (Lipinski definition) is 2. The fourth-order valence-electron chi connectivity index (χ4n) is 4.08. The molecule has 0 aromatic carbocycles. The molecule has 2 aliphatic heterocycles. The minimum Gasteiger partial charge on any atom is -0.383 e. The van der Waals surface area contributed by atoms with Gasteiger partial charge < -0.3 is 15.2 Å². The highest BCUT2D eigenvalue weighted by molar-refractivity contribution is 7.12. The standard InChI is InChI=1S/C17H21F3N4O2S/c1-9-5-16(6-11(21-9)12-7-24(3)23-22-12)14-10(15(2,25)8-26-16)4-13(27-14)17(18,19)20/h4,7,9,11,21,25H,5-6,8H2,1-3H3/t9-,11-,15?,16-/m0/s1. The second-order valence-corrected chi connectivity index (χ2v) is 8.81. The number of fused-ring (bicyclic) bond motifs is 2. The Morgan fingerprint density at radius 3 is 2.78 bits per heavy atom. The monoisotopic (exact) mass is 402 g/mol. The second-order valence-electron chi connectivity index (χ2n) is 7.75. The SMILES string of the molecule is C[C@H]1C[C@@]2(C[C@@H](c3cn(C)nn3)N1)OCC(C)(O)c1cc(C(F)(F)F)sc12. The molecule has 1 saturated heterocycles. The lowest BCUT2D eigenvalue weighted by Crippen LogP contribution is -2.52. The molecule has 4 atom stereocenters. The lowest BCUT2D eigenvalue weighted by Gasteiger charge is -2.48. The van der Waals surface area contributed by atoms with Crippen molar-refractivity contribution in [3.8, 4) is 0 Å². The minimum absolute atomic E-state index is 0.00177. The van der Waals surface area contributed by atoms with Gasteiger partial charge in [0.2, 0.25) is 0 Å². The van der Waals surface area contributed by atoms with Gasteiger partial charge in [-0.1, -0.05) is 5.21 Å². The predicted octanol–water partition coefficient (Wildman–Crippen LogP) is 2.84. The zero-order valence-electron chi connectivity index (χ0n) is 15.2. The van der Waals surface area contributed by atoms with Gasteiger partial charge in [0.25, 0.3) is 0 Å². The molecule has 2 aromatic rings. The van der Waals surface area contributed by atoms with Crippen molar-refractivity contribution < 1.29 is 23.0 Å². The van der Waals surface area contributed by atoms with E-state index in [1.54, 1.807) is 17.9 Å². The Labute approximate surface area is 158 Å². The summed E-state index contributed by atoms with van der Waals surface area (Å²) in [6.45, 7) is 3.42. The summed E-state index contributed by atoms with van der Waals surface area (Å²) in [5.74, 6) is 0. The van der Waals surface area contributed by atoms with Crippen LogP contribution in [0.25, 0.3) is 0 Å². The number of nitrogens with zero attached hydrogens (tertiary/aromatic N) is 3. The average Bonchev–Trinajstić information content (AvgIpc) is 3.18. The smallest absolute Gasteiger partial charge is 0.383 e. The molecule has 4 rings (SSSR count). The van der Waals surface area contributed by atoms with E-state index in [0.717, 1.165) is 11.8 Å². The molecular formula is C17H21F3N4O2S. The molecule has 1 unspecified atom stereocenters. The van der Waals surface area contributed by atoms with Crippen molar-refractivity contribution in [1.29, 1.82) is 0 Å². The highest BCUT2D eigenvalue weighted by Crippen LogP contribution is 2.54. The molecule has 4 heterocycles. The van der Waals surface area contributed by atoms with Crippen LogP contribution in [0.15, 0.2) is 12.3 Å². The van der Waals surface area contributed by atoms with E-state index in [0.29, 0.717) is 34.6 Å². The van der Waals surface area contributed by atoms with Crippen molar-refractivity contribution in [3.05, 3.63) is 33.3 Å². The van der Waals surface area contributed by atoms with Gasteiger partial charge in [0.05, 0.1) is 18.3 Å². The second kappa shape index (κ2) is 6.00.